The number of hydrogen-bond donors (Lipinski definition) is 2. The summed E-state index contributed by atoms with van der Waals surface area (Å²) < 4.78 is 0. The fraction of sp³-hybridized carbons (Fsp3) is 0.462. The zero-order valence-corrected chi connectivity index (χ0v) is 9.83. The molecular weight excluding hydrogens is 200 g/mol. The van der Waals surface area contributed by atoms with Crippen molar-refractivity contribution in [1.82, 2.24) is 10.6 Å². The molecule has 0 saturated heterocycles. The van der Waals surface area contributed by atoms with Crippen LogP contribution in [0, 0.1) is 0 Å². The molecule has 1 aromatic carbocycles. The van der Waals surface area contributed by atoms with Crippen LogP contribution in [0.15, 0.2) is 30.3 Å². The first kappa shape index (κ1) is 12.7. The lowest BCUT2D eigenvalue weighted by Gasteiger charge is -2.04. The van der Waals surface area contributed by atoms with E-state index in [4.69, 9.17) is 0 Å². The highest BCUT2D eigenvalue weighted by Crippen LogP contribution is 1.98. The number of nitrogens with one attached hydrogen (secondary N) is 2. The maximum atomic E-state index is 10.9. The van der Waals surface area contributed by atoms with E-state index in [-0.39, 0.29) is 5.91 Å². The maximum Gasteiger partial charge on any atom is 0.219 e. The quantitative estimate of drug-likeness (QED) is 0.681. The largest absolute Gasteiger partial charge is 0.359 e. The van der Waals surface area contributed by atoms with Crippen molar-refractivity contribution < 1.29 is 4.79 Å². The zero-order valence-electron chi connectivity index (χ0n) is 9.83. The molecule has 0 fully saturated rings. The minimum atomic E-state index is 0.116. The fourth-order valence-electron chi connectivity index (χ4n) is 1.50. The van der Waals surface area contributed by atoms with Gasteiger partial charge in [-0.2, -0.15) is 0 Å². The van der Waals surface area contributed by atoms with Gasteiger partial charge in [0.25, 0.3) is 0 Å². The normalized spacial score (nSPS) is 10.1. The lowest BCUT2D eigenvalue weighted by atomic mass is 10.1. The summed E-state index contributed by atoms with van der Waals surface area (Å²) in [6, 6.07) is 10.4. The molecule has 0 aromatic heterocycles. The Balaban J connectivity index is 1.98. The van der Waals surface area contributed by atoms with Crippen molar-refractivity contribution in [2.24, 2.45) is 0 Å². The average molecular weight is 220 g/mol. The SMILES string of the molecule is CNC(=O)CCCNCCc1ccccc1. The Hall–Kier alpha value is -1.35. The monoisotopic (exact) mass is 220 g/mol. The van der Waals surface area contributed by atoms with E-state index in [2.05, 4.69) is 34.9 Å². The summed E-state index contributed by atoms with van der Waals surface area (Å²) >= 11 is 0. The van der Waals surface area contributed by atoms with Crippen LogP contribution in [0.1, 0.15) is 18.4 Å². The van der Waals surface area contributed by atoms with Gasteiger partial charge in [-0.3, -0.25) is 4.79 Å². The fourth-order valence-corrected chi connectivity index (χ4v) is 1.50. The van der Waals surface area contributed by atoms with E-state index < -0.39 is 0 Å². The number of carbonyl (C=O) groups excluding carboxylic acids is 1. The van der Waals surface area contributed by atoms with Crippen LogP contribution in [0.25, 0.3) is 0 Å². The zero-order chi connectivity index (χ0) is 11.6. The molecule has 1 rings (SSSR count). The Morgan fingerprint density at radius 2 is 1.94 bits per heavy atom. The van der Waals surface area contributed by atoms with E-state index in [0.29, 0.717) is 6.42 Å². The second-order valence-electron chi connectivity index (χ2n) is 3.76. The predicted molar refractivity (Wildman–Crippen MR) is 66.3 cm³/mol. The Morgan fingerprint density at radius 3 is 2.62 bits per heavy atom. The summed E-state index contributed by atoms with van der Waals surface area (Å²) in [5.41, 5.74) is 1.35. The van der Waals surface area contributed by atoms with Gasteiger partial charge in [0.15, 0.2) is 0 Å². The van der Waals surface area contributed by atoms with Gasteiger partial charge in [-0.15, -0.1) is 0 Å². The number of rotatable bonds is 7. The van der Waals surface area contributed by atoms with Crippen molar-refractivity contribution in [1.29, 1.82) is 0 Å². The molecule has 0 heterocycles. The third-order valence-corrected chi connectivity index (χ3v) is 2.47. The number of amides is 1. The molecule has 0 aliphatic carbocycles. The molecule has 0 bridgehead atoms. The third kappa shape index (κ3) is 5.51. The minimum Gasteiger partial charge on any atom is -0.359 e. The van der Waals surface area contributed by atoms with Crippen LogP contribution < -0.4 is 10.6 Å². The van der Waals surface area contributed by atoms with Gasteiger partial charge in [-0.1, -0.05) is 30.3 Å². The van der Waals surface area contributed by atoms with Gasteiger partial charge < -0.3 is 10.6 Å². The van der Waals surface area contributed by atoms with Crippen LogP contribution in [-0.2, 0) is 11.2 Å². The molecule has 3 heteroatoms. The van der Waals surface area contributed by atoms with Crippen LogP contribution in [-0.4, -0.2) is 26.0 Å². The summed E-state index contributed by atoms with van der Waals surface area (Å²) in [5, 5.41) is 5.95. The molecule has 3 nitrogen and oxygen atoms in total. The summed E-state index contributed by atoms with van der Waals surface area (Å²) in [4.78, 5) is 10.9. The number of carbonyl (C=O) groups is 1. The van der Waals surface area contributed by atoms with E-state index in [0.717, 1.165) is 25.9 Å². The Bertz CT molecular complexity index is 298. The van der Waals surface area contributed by atoms with Gasteiger partial charge in [0.05, 0.1) is 0 Å². The van der Waals surface area contributed by atoms with Gasteiger partial charge in [-0.25, -0.2) is 0 Å². The highest BCUT2D eigenvalue weighted by Gasteiger charge is 1.96. The average Bonchev–Trinajstić information content (AvgIpc) is 2.34. The van der Waals surface area contributed by atoms with E-state index in [1.54, 1.807) is 7.05 Å². The van der Waals surface area contributed by atoms with Crippen LogP contribution in [0.2, 0.25) is 0 Å². The molecule has 0 aliphatic rings. The van der Waals surface area contributed by atoms with Gasteiger partial charge in [0, 0.05) is 13.5 Å². The van der Waals surface area contributed by atoms with Crippen molar-refractivity contribution in [3.63, 3.8) is 0 Å². The topological polar surface area (TPSA) is 41.1 Å². The summed E-state index contributed by atoms with van der Waals surface area (Å²) in [6.07, 6.45) is 2.55. The van der Waals surface area contributed by atoms with Crippen LogP contribution in [0.5, 0.6) is 0 Å². The third-order valence-electron chi connectivity index (χ3n) is 2.47. The van der Waals surface area contributed by atoms with Gasteiger partial charge in [-0.05, 0) is 31.5 Å². The van der Waals surface area contributed by atoms with Crippen molar-refractivity contribution >= 4 is 5.91 Å². The van der Waals surface area contributed by atoms with Gasteiger partial charge in [0.1, 0.15) is 0 Å². The smallest absolute Gasteiger partial charge is 0.219 e. The lowest BCUT2D eigenvalue weighted by Crippen LogP contribution is -2.22. The molecule has 88 valence electrons. The molecule has 0 spiro atoms. The van der Waals surface area contributed by atoms with Gasteiger partial charge >= 0.3 is 0 Å². The van der Waals surface area contributed by atoms with Crippen molar-refractivity contribution in [3.8, 4) is 0 Å². The minimum absolute atomic E-state index is 0.116. The van der Waals surface area contributed by atoms with Gasteiger partial charge in [0.2, 0.25) is 5.91 Å². The van der Waals surface area contributed by atoms with E-state index in [1.165, 1.54) is 5.56 Å². The van der Waals surface area contributed by atoms with E-state index >= 15 is 0 Å². The Morgan fingerprint density at radius 1 is 1.19 bits per heavy atom. The first-order valence-electron chi connectivity index (χ1n) is 5.78. The molecule has 16 heavy (non-hydrogen) atoms. The van der Waals surface area contributed by atoms with E-state index in [9.17, 15) is 4.79 Å². The highest BCUT2D eigenvalue weighted by molar-refractivity contribution is 5.75. The summed E-state index contributed by atoms with van der Waals surface area (Å²) in [7, 11) is 1.67. The molecular formula is C13H20N2O. The molecule has 0 unspecified atom stereocenters. The highest BCUT2D eigenvalue weighted by atomic mass is 16.1. The molecule has 0 atom stereocenters. The van der Waals surface area contributed by atoms with Crippen molar-refractivity contribution in [2.45, 2.75) is 19.3 Å². The van der Waals surface area contributed by atoms with Crippen molar-refractivity contribution in [2.75, 3.05) is 20.1 Å². The number of hydrogen-bond acceptors (Lipinski definition) is 2. The molecule has 0 aliphatic heterocycles. The lowest BCUT2D eigenvalue weighted by molar-refractivity contribution is -0.120. The first-order valence-corrected chi connectivity index (χ1v) is 5.78. The van der Waals surface area contributed by atoms with E-state index in [1.807, 2.05) is 6.07 Å². The maximum absolute atomic E-state index is 10.9. The second kappa shape index (κ2) is 7.88. The van der Waals surface area contributed by atoms with Crippen LogP contribution >= 0.6 is 0 Å². The number of benzene rings is 1. The molecule has 0 radical (unpaired) electrons. The molecule has 0 saturated carbocycles. The Labute approximate surface area is 97.2 Å². The first-order chi connectivity index (χ1) is 7.83. The molecule has 1 amide bonds. The summed E-state index contributed by atoms with van der Waals surface area (Å²) in [5.74, 6) is 0.116. The standard InChI is InChI=1S/C13H20N2O/c1-14-13(16)8-5-10-15-11-9-12-6-3-2-4-7-12/h2-4,6-7,15H,5,8-11H2,1H3,(H,14,16). The van der Waals surface area contributed by atoms with Crippen LogP contribution in [0.4, 0.5) is 0 Å². The Kier molecular flexibility index (Phi) is 6.26. The second-order valence-corrected chi connectivity index (χ2v) is 3.76. The molecule has 2 N–H and O–H groups in total. The van der Waals surface area contributed by atoms with Crippen LogP contribution in [0.3, 0.4) is 0 Å². The van der Waals surface area contributed by atoms with Crippen molar-refractivity contribution in [3.05, 3.63) is 35.9 Å². The predicted octanol–water partition coefficient (Wildman–Crippen LogP) is 1.34. The summed E-state index contributed by atoms with van der Waals surface area (Å²) in [6.45, 7) is 1.87. The molecule has 1 aromatic rings.